The fourth-order valence-electron chi connectivity index (χ4n) is 1.92. The first kappa shape index (κ1) is 14.7. The molecule has 1 aromatic rings. The van der Waals surface area contributed by atoms with Gasteiger partial charge in [-0.25, -0.2) is 5.01 Å². The molecule has 0 saturated heterocycles. The molecule has 0 aliphatic carbocycles. The van der Waals surface area contributed by atoms with Gasteiger partial charge in [0.25, 0.3) is 0 Å². The Hall–Kier alpha value is -1.35. The lowest BCUT2D eigenvalue weighted by Crippen LogP contribution is -2.35. The van der Waals surface area contributed by atoms with Crippen LogP contribution in [0.3, 0.4) is 0 Å². The summed E-state index contributed by atoms with van der Waals surface area (Å²) >= 11 is 0. The van der Waals surface area contributed by atoms with Gasteiger partial charge < -0.3 is 0 Å². The molecule has 1 amide bonds. The predicted octanol–water partition coefficient (Wildman–Crippen LogP) is 2.55. The Morgan fingerprint density at radius 2 is 1.67 bits per heavy atom. The van der Waals surface area contributed by atoms with E-state index in [-0.39, 0.29) is 5.91 Å². The fraction of sp³-hybridized carbons (Fsp3) is 0.533. The highest BCUT2D eigenvalue weighted by Crippen LogP contribution is 2.09. The van der Waals surface area contributed by atoms with Gasteiger partial charge in [-0.15, -0.1) is 0 Å². The summed E-state index contributed by atoms with van der Waals surface area (Å²) in [5.74, 6) is 0.0857. The molecular formula is C15H24N2O. The molecule has 0 aliphatic heterocycles. The van der Waals surface area contributed by atoms with Crippen LogP contribution < -0.4 is 5.43 Å². The molecule has 1 N–H and O–H groups in total. The number of nitrogens with zero attached hydrogens (tertiary/aromatic N) is 1. The second-order valence-corrected chi connectivity index (χ2v) is 4.85. The van der Waals surface area contributed by atoms with E-state index in [1.54, 1.807) is 5.01 Å². The van der Waals surface area contributed by atoms with Crippen molar-refractivity contribution in [2.75, 3.05) is 14.1 Å². The van der Waals surface area contributed by atoms with Crippen LogP contribution in [0.2, 0.25) is 0 Å². The SMILES string of the molecule is CCCc1ccc(CCCC(=O)NN(C)C)cc1. The van der Waals surface area contributed by atoms with Gasteiger partial charge in [0.05, 0.1) is 0 Å². The van der Waals surface area contributed by atoms with Crippen LogP contribution >= 0.6 is 0 Å². The van der Waals surface area contributed by atoms with E-state index in [1.165, 1.54) is 17.5 Å². The van der Waals surface area contributed by atoms with E-state index in [2.05, 4.69) is 36.6 Å². The molecule has 3 heteroatoms. The van der Waals surface area contributed by atoms with Crippen molar-refractivity contribution in [1.82, 2.24) is 10.4 Å². The van der Waals surface area contributed by atoms with Gasteiger partial charge in [0.2, 0.25) is 5.91 Å². The van der Waals surface area contributed by atoms with Crippen LogP contribution in [-0.2, 0) is 17.6 Å². The molecule has 0 atom stereocenters. The summed E-state index contributed by atoms with van der Waals surface area (Å²) in [6.45, 7) is 2.19. The van der Waals surface area contributed by atoms with Gasteiger partial charge >= 0.3 is 0 Å². The zero-order chi connectivity index (χ0) is 13.4. The van der Waals surface area contributed by atoms with Gasteiger partial charge in [0, 0.05) is 20.5 Å². The Balaban J connectivity index is 2.28. The summed E-state index contributed by atoms with van der Waals surface area (Å²) in [4.78, 5) is 11.4. The topological polar surface area (TPSA) is 32.3 Å². The molecule has 18 heavy (non-hydrogen) atoms. The number of hydrogen-bond donors (Lipinski definition) is 1. The lowest BCUT2D eigenvalue weighted by Gasteiger charge is -2.11. The third-order valence-corrected chi connectivity index (χ3v) is 2.78. The number of rotatable bonds is 7. The van der Waals surface area contributed by atoms with Crippen molar-refractivity contribution in [3.8, 4) is 0 Å². The van der Waals surface area contributed by atoms with E-state index in [9.17, 15) is 4.79 Å². The molecule has 0 heterocycles. The van der Waals surface area contributed by atoms with Gasteiger partial charge in [-0.3, -0.25) is 10.2 Å². The lowest BCUT2D eigenvalue weighted by atomic mass is 10.0. The fourth-order valence-corrected chi connectivity index (χ4v) is 1.92. The highest BCUT2D eigenvalue weighted by molar-refractivity contribution is 5.75. The minimum atomic E-state index is 0.0857. The quantitative estimate of drug-likeness (QED) is 0.752. The Morgan fingerprint density at radius 3 is 2.17 bits per heavy atom. The van der Waals surface area contributed by atoms with Crippen molar-refractivity contribution < 1.29 is 4.79 Å². The van der Waals surface area contributed by atoms with Gasteiger partial charge in [0.1, 0.15) is 0 Å². The van der Waals surface area contributed by atoms with E-state index in [4.69, 9.17) is 0 Å². The number of hydrazine groups is 1. The molecule has 0 aromatic heterocycles. The third kappa shape index (κ3) is 5.82. The maximum absolute atomic E-state index is 11.4. The number of nitrogens with one attached hydrogen (secondary N) is 1. The molecule has 0 spiro atoms. The standard InChI is InChI=1S/C15H24N2O/c1-4-6-13-9-11-14(12-10-13)7-5-8-15(18)16-17(2)3/h9-12H,4-8H2,1-3H3,(H,16,18). The predicted molar refractivity (Wildman–Crippen MR) is 75.2 cm³/mol. The second-order valence-electron chi connectivity index (χ2n) is 4.85. The van der Waals surface area contributed by atoms with Crippen LogP contribution in [0.15, 0.2) is 24.3 Å². The highest BCUT2D eigenvalue weighted by atomic mass is 16.2. The molecule has 0 bridgehead atoms. The molecule has 3 nitrogen and oxygen atoms in total. The zero-order valence-electron chi connectivity index (χ0n) is 11.7. The monoisotopic (exact) mass is 248 g/mol. The second kappa shape index (κ2) is 7.88. The molecule has 1 aromatic carbocycles. The Labute approximate surface area is 110 Å². The molecular weight excluding hydrogens is 224 g/mol. The van der Waals surface area contributed by atoms with Crippen LogP contribution in [0.25, 0.3) is 0 Å². The van der Waals surface area contributed by atoms with Crippen LogP contribution in [0.1, 0.15) is 37.3 Å². The summed E-state index contributed by atoms with van der Waals surface area (Å²) in [5, 5.41) is 1.68. The zero-order valence-corrected chi connectivity index (χ0v) is 11.7. The first-order valence-corrected chi connectivity index (χ1v) is 6.66. The number of benzene rings is 1. The summed E-state index contributed by atoms with van der Waals surface area (Å²) in [7, 11) is 3.65. The molecule has 0 aliphatic rings. The van der Waals surface area contributed by atoms with Gasteiger partial charge in [-0.2, -0.15) is 0 Å². The number of aryl methyl sites for hydroxylation is 2. The number of hydrogen-bond acceptors (Lipinski definition) is 2. The van der Waals surface area contributed by atoms with E-state index >= 15 is 0 Å². The Kier molecular flexibility index (Phi) is 6.44. The average Bonchev–Trinajstić information content (AvgIpc) is 2.31. The summed E-state index contributed by atoms with van der Waals surface area (Å²) in [6, 6.07) is 8.74. The Morgan fingerprint density at radius 1 is 1.11 bits per heavy atom. The van der Waals surface area contributed by atoms with Crippen LogP contribution in [0.5, 0.6) is 0 Å². The van der Waals surface area contributed by atoms with Crippen molar-refractivity contribution in [1.29, 1.82) is 0 Å². The van der Waals surface area contributed by atoms with E-state index in [0.717, 1.165) is 19.3 Å². The smallest absolute Gasteiger partial charge is 0.234 e. The third-order valence-electron chi connectivity index (χ3n) is 2.78. The van der Waals surface area contributed by atoms with E-state index in [0.29, 0.717) is 6.42 Å². The van der Waals surface area contributed by atoms with Crippen LogP contribution in [0, 0.1) is 0 Å². The van der Waals surface area contributed by atoms with Crippen LogP contribution in [0.4, 0.5) is 0 Å². The number of amides is 1. The summed E-state index contributed by atoms with van der Waals surface area (Å²) < 4.78 is 0. The van der Waals surface area contributed by atoms with Gasteiger partial charge in [0.15, 0.2) is 0 Å². The maximum atomic E-state index is 11.4. The molecule has 0 saturated carbocycles. The molecule has 100 valence electrons. The van der Waals surface area contributed by atoms with Crippen LogP contribution in [-0.4, -0.2) is 25.0 Å². The number of carbonyl (C=O) groups is 1. The summed E-state index contributed by atoms with van der Waals surface area (Å²) in [5.41, 5.74) is 5.46. The normalized spacial score (nSPS) is 10.7. The number of carbonyl (C=O) groups excluding carboxylic acids is 1. The first-order chi connectivity index (χ1) is 8.61. The van der Waals surface area contributed by atoms with Crippen molar-refractivity contribution in [3.63, 3.8) is 0 Å². The van der Waals surface area contributed by atoms with Crippen molar-refractivity contribution in [3.05, 3.63) is 35.4 Å². The molecule has 0 unspecified atom stereocenters. The summed E-state index contributed by atoms with van der Waals surface area (Å²) in [6.07, 6.45) is 4.77. The molecule has 0 radical (unpaired) electrons. The van der Waals surface area contributed by atoms with Crippen molar-refractivity contribution >= 4 is 5.91 Å². The minimum absolute atomic E-state index is 0.0857. The largest absolute Gasteiger partial charge is 0.289 e. The van der Waals surface area contributed by atoms with Gasteiger partial charge in [-0.05, 0) is 30.4 Å². The molecule has 0 fully saturated rings. The lowest BCUT2D eigenvalue weighted by molar-refractivity contribution is -0.124. The van der Waals surface area contributed by atoms with E-state index in [1.807, 2.05) is 14.1 Å². The van der Waals surface area contributed by atoms with Crippen molar-refractivity contribution in [2.24, 2.45) is 0 Å². The highest BCUT2D eigenvalue weighted by Gasteiger charge is 2.02. The van der Waals surface area contributed by atoms with E-state index < -0.39 is 0 Å². The molecule has 1 rings (SSSR count). The van der Waals surface area contributed by atoms with Gasteiger partial charge in [-0.1, -0.05) is 37.6 Å². The first-order valence-electron chi connectivity index (χ1n) is 6.66. The minimum Gasteiger partial charge on any atom is -0.289 e. The van der Waals surface area contributed by atoms with Crippen molar-refractivity contribution in [2.45, 2.75) is 39.0 Å². The maximum Gasteiger partial charge on any atom is 0.234 e. The average molecular weight is 248 g/mol. The Bertz CT molecular complexity index is 357.